The predicted octanol–water partition coefficient (Wildman–Crippen LogP) is 4.55. The van der Waals surface area contributed by atoms with Gasteiger partial charge in [-0.15, -0.1) is 0 Å². The fourth-order valence-corrected chi connectivity index (χ4v) is 5.57. The van der Waals surface area contributed by atoms with Crippen LogP contribution < -0.4 is 10.1 Å². The number of carboxylic acids is 2. The van der Waals surface area contributed by atoms with Gasteiger partial charge in [0.05, 0.1) is 11.8 Å². The maximum Gasteiger partial charge on any atom is 0.307 e. The molecule has 1 heterocycles. The van der Waals surface area contributed by atoms with E-state index in [9.17, 15) is 19.8 Å². The van der Waals surface area contributed by atoms with Gasteiger partial charge in [0.15, 0.2) is 0 Å². The lowest BCUT2D eigenvalue weighted by Gasteiger charge is -2.20. The second kappa shape index (κ2) is 11.5. The average molecular weight is 466 g/mol. The van der Waals surface area contributed by atoms with E-state index in [1.54, 1.807) is 0 Å². The van der Waals surface area contributed by atoms with E-state index in [0.717, 1.165) is 61.9 Å². The van der Waals surface area contributed by atoms with Crippen LogP contribution in [0.2, 0.25) is 0 Å². The van der Waals surface area contributed by atoms with E-state index in [1.807, 2.05) is 48.5 Å². The molecule has 6 nitrogen and oxygen atoms in total. The zero-order chi connectivity index (χ0) is 23.9. The molecule has 0 spiro atoms. The van der Waals surface area contributed by atoms with Crippen molar-refractivity contribution in [2.75, 3.05) is 13.1 Å². The summed E-state index contributed by atoms with van der Waals surface area (Å²) in [7, 11) is 0. The van der Waals surface area contributed by atoms with Gasteiger partial charge in [-0.05, 0) is 85.9 Å². The Labute approximate surface area is 201 Å². The van der Waals surface area contributed by atoms with E-state index in [4.69, 9.17) is 4.74 Å². The first kappa shape index (κ1) is 24.3. The third kappa shape index (κ3) is 6.38. The zero-order valence-electron chi connectivity index (χ0n) is 19.6. The van der Waals surface area contributed by atoms with Crippen molar-refractivity contribution in [1.82, 2.24) is 5.32 Å². The molecule has 34 heavy (non-hydrogen) atoms. The minimum Gasteiger partial charge on any atom is -0.489 e. The van der Waals surface area contributed by atoms with Crippen molar-refractivity contribution in [3.05, 3.63) is 65.2 Å². The molecular weight excluding hydrogens is 430 g/mol. The van der Waals surface area contributed by atoms with Gasteiger partial charge in [0.25, 0.3) is 0 Å². The molecule has 2 aromatic rings. The van der Waals surface area contributed by atoms with Crippen LogP contribution >= 0.6 is 0 Å². The fraction of sp³-hybridized carbons (Fsp3) is 0.500. The van der Waals surface area contributed by atoms with Gasteiger partial charge in [-0.25, -0.2) is 0 Å². The van der Waals surface area contributed by atoms with Crippen molar-refractivity contribution >= 4 is 11.9 Å². The van der Waals surface area contributed by atoms with E-state index in [0.29, 0.717) is 25.2 Å². The van der Waals surface area contributed by atoms with Crippen molar-refractivity contribution in [3.63, 3.8) is 0 Å². The third-order valence-corrected chi connectivity index (χ3v) is 7.48. The van der Waals surface area contributed by atoms with Crippen molar-refractivity contribution in [1.29, 1.82) is 0 Å². The summed E-state index contributed by atoms with van der Waals surface area (Å²) < 4.78 is 6.03. The number of nitrogens with one attached hydrogen (secondary N) is 1. The largest absolute Gasteiger partial charge is 0.489 e. The smallest absolute Gasteiger partial charge is 0.307 e. The van der Waals surface area contributed by atoms with Crippen LogP contribution in [0.3, 0.4) is 0 Å². The molecule has 1 aliphatic heterocycles. The third-order valence-electron chi connectivity index (χ3n) is 7.48. The molecule has 0 amide bonds. The van der Waals surface area contributed by atoms with Crippen molar-refractivity contribution < 1.29 is 24.5 Å². The van der Waals surface area contributed by atoms with Gasteiger partial charge in [-0.3, -0.25) is 9.59 Å². The lowest BCUT2D eigenvalue weighted by Crippen LogP contribution is -2.27. The SMILES string of the molecule is O=C(O)[C@@H](Cc1cccc(COc2cccc(C[C@H](C(=O)O)[C@H]3CCNC3)c2)c1)C1CCCC1. The Hall–Kier alpha value is -2.86. The Morgan fingerprint density at radius 2 is 1.47 bits per heavy atom. The van der Waals surface area contributed by atoms with E-state index < -0.39 is 17.9 Å². The van der Waals surface area contributed by atoms with E-state index in [2.05, 4.69) is 5.32 Å². The molecular formula is C28H35NO5. The maximum atomic E-state index is 11.9. The van der Waals surface area contributed by atoms with Gasteiger partial charge in [-0.2, -0.15) is 0 Å². The molecule has 0 radical (unpaired) electrons. The normalized spacial score (nSPS) is 20.2. The van der Waals surface area contributed by atoms with E-state index in [1.165, 1.54) is 0 Å². The van der Waals surface area contributed by atoms with Crippen LogP contribution in [0.1, 0.15) is 48.8 Å². The van der Waals surface area contributed by atoms with E-state index in [-0.39, 0.29) is 17.8 Å². The molecule has 1 saturated heterocycles. The topological polar surface area (TPSA) is 95.9 Å². The van der Waals surface area contributed by atoms with Gasteiger partial charge in [0.1, 0.15) is 12.4 Å². The Balaban J connectivity index is 1.37. The first-order valence-corrected chi connectivity index (χ1v) is 12.5. The van der Waals surface area contributed by atoms with Crippen LogP contribution in [-0.4, -0.2) is 35.2 Å². The molecule has 1 saturated carbocycles. The van der Waals surface area contributed by atoms with Crippen LogP contribution in [0, 0.1) is 23.7 Å². The lowest BCUT2D eigenvalue weighted by atomic mass is 9.85. The summed E-state index contributed by atoms with van der Waals surface area (Å²) in [5.41, 5.74) is 2.99. The number of rotatable bonds is 11. The Morgan fingerprint density at radius 3 is 2.12 bits per heavy atom. The Bertz CT molecular complexity index is 899. The van der Waals surface area contributed by atoms with Gasteiger partial charge in [0, 0.05) is 0 Å². The number of aliphatic carboxylic acids is 2. The minimum absolute atomic E-state index is 0.156. The minimum atomic E-state index is -0.742. The van der Waals surface area contributed by atoms with Crippen molar-refractivity contribution in [3.8, 4) is 5.75 Å². The molecule has 0 bridgehead atoms. The Morgan fingerprint density at radius 1 is 0.853 bits per heavy atom. The lowest BCUT2D eigenvalue weighted by molar-refractivity contribution is -0.144. The zero-order valence-corrected chi connectivity index (χ0v) is 19.6. The number of hydrogen-bond acceptors (Lipinski definition) is 4. The fourth-order valence-electron chi connectivity index (χ4n) is 5.57. The highest BCUT2D eigenvalue weighted by atomic mass is 16.5. The number of ether oxygens (including phenoxy) is 1. The summed E-state index contributed by atoms with van der Waals surface area (Å²) in [6, 6.07) is 15.7. The van der Waals surface area contributed by atoms with Crippen LogP contribution in [0.4, 0.5) is 0 Å². The second-order valence-corrected chi connectivity index (χ2v) is 9.85. The first-order valence-electron chi connectivity index (χ1n) is 12.5. The number of benzene rings is 2. The highest BCUT2D eigenvalue weighted by molar-refractivity contribution is 5.71. The molecule has 3 atom stereocenters. The molecule has 1 aliphatic carbocycles. The van der Waals surface area contributed by atoms with Gasteiger partial charge < -0.3 is 20.3 Å². The Kier molecular flexibility index (Phi) is 8.22. The van der Waals surface area contributed by atoms with Crippen LogP contribution in [0.5, 0.6) is 5.75 Å². The van der Waals surface area contributed by atoms with Crippen LogP contribution in [-0.2, 0) is 29.0 Å². The summed E-state index contributed by atoms with van der Waals surface area (Å²) in [5, 5.41) is 22.7. The molecule has 4 rings (SSSR count). The van der Waals surface area contributed by atoms with E-state index >= 15 is 0 Å². The highest BCUT2D eigenvalue weighted by Crippen LogP contribution is 2.33. The monoisotopic (exact) mass is 465 g/mol. The quantitative estimate of drug-likeness (QED) is 0.451. The number of carboxylic acid groups (broad SMARTS) is 2. The molecule has 182 valence electrons. The molecule has 2 fully saturated rings. The summed E-state index contributed by atoms with van der Waals surface area (Å²) in [5.74, 6) is -1.02. The average Bonchev–Trinajstić information content (AvgIpc) is 3.55. The standard InChI is InChI=1S/C28H35NO5/c30-27(31)25(22-8-1-2-9-22)15-19-5-3-7-21(13-19)18-34-24-10-4-6-20(14-24)16-26(28(32)33)23-11-12-29-17-23/h3-7,10,13-14,22-23,25-26,29H,1-2,8-9,11-12,15-18H2,(H,30,31)(H,32,33)/t23-,25-,26-/m0/s1. The number of carbonyl (C=O) groups is 2. The molecule has 2 aliphatic rings. The predicted molar refractivity (Wildman–Crippen MR) is 130 cm³/mol. The molecule has 3 N–H and O–H groups in total. The molecule has 2 aromatic carbocycles. The van der Waals surface area contributed by atoms with Gasteiger partial charge in [-0.1, -0.05) is 49.2 Å². The second-order valence-electron chi connectivity index (χ2n) is 9.85. The maximum absolute atomic E-state index is 11.9. The summed E-state index contributed by atoms with van der Waals surface area (Å²) in [6.45, 7) is 2.02. The number of hydrogen-bond donors (Lipinski definition) is 3. The molecule has 0 unspecified atom stereocenters. The molecule has 0 aromatic heterocycles. The van der Waals surface area contributed by atoms with Crippen LogP contribution in [0.25, 0.3) is 0 Å². The van der Waals surface area contributed by atoms with Gasteiger partial charge >= 0.3 is 11.9 Å². The summed E-state index contributed by atoms with van der Waals surface area (Å²) in [4.78, 5) is 23.7. The summed E-state index contributed by atoms with van der Waals surface area (Å²) >= 11 is 0. The highest BCUT2D eigenvalue weighted by Gasteiger charge is 2.31. The first-order chi connectivity index (χ1) is 16.5. The summed E-state index contributed by atoms with van der Waals surface area (Å²) in [6.07, 6.45) is 6.22. The van der Waals surface area contributed by atoms with Gasteiger partial charge in [0.2, 0.25) is 0 Å². The molecule has 6 heteroatoms. The van der Waals surface area contributed by atoms with Crippen molar-refractivity contribution in [2.24, 2.45) is 23.7 Å². The van der Waals surface area contributed by atoms with Crippen LogP contribution in [0.15, 0.2) is 48.5 Å². The van der Waals surface area contributed by atoms with Crippen molar-refractivity contribution in [2.45, 2.75) is 51.6 Å².